The SMILES string of the molecule is CC(C)c1ccc(C(=O)OCC(=O)Nc2cc([N+](=O)[O-])ccc2Cl)cc1. The number of non-ortho nitro benzene ring substituents is 1. The summed E-state index contributed by atoms with van der Waals surface area (Å²) < 4.78 is 4.95. The van der Waals surface area contributed by atoms with E-state index in [1.807, 2.05) is 26.0 Å². The van der Waals surface area contributed by atoms with Crippen LogP contribution in [0.15, 0.2) is 42.5 Å². The van der Waals surface area contributed by atoms with Crippen molar-refractivity contribution in [1.82, 2.24) is 0 Å². The highest BCUT2D eigenvalue weighted by atomic mass is 35.5. The Labute approximate surface area is 155 Å². The van der Waals surface area contributed by atoms with Crippen LogP contribution >= 0.6 is 11.6 Å². The van der Waals surface area contributed by atoms with Gasteiger partial charge in [0.25, 0.3) is 11.6 Å². The molecular weight excluding hydrogens is 360 g/mol. The number of ether oxygens (including phenoxy) is 1. The van der Waals surface area contributed by atoms with Gasteiger partial charge in [0.15, 0.2) is 6.61 Å². The number of anilines is 1. The Morgan fingerprint density at radius 2 is 1.85 bits per heavy atom. The summed E-state index contributed by atoms with van der Waals surface area (Å²) >= 11 is 5.90. The van der Waals surface area contributed by atoms with Crippen LogP contribution < -0.4 is 5.32 Å². The van der Waals surface area contributed by atoms with E-state index in [1.54, 1.807) is 12.1 Å². The fourth-order valence-corrected chi connectivity index (χ4v) is 2.29. The van der Waals surface area contributed by atoms with Gasteiger partial charge in [-0.05, 0) is 29.7 Å². The molecule has 0 unspecified atom stereocenters. The van der Waals surface area contributed by atoms with E-state index in [9.17, 15) is 19.7 Å². The van der Waals surface area contributed by atoms with Crippen LogP contribution in [0.5, 0.6) is 0 Å². The first kappa shape index (κ1) is 19.4. The second-order valence-corrected chi connectivity index (χ2v) is 6.23. The Morgan fingerprint density at radius 1 is 1.19 bits per heavy atom. The molecule has 2 rings (SSSR count). The Hall–Kier alpha value is -2.93. The molecule has 0 aliphatic carbocycles. The van der Waals surface area contributed by atoms with Crippen molar-refractivity contribution in [2.45, 2.75) is 19.8 Å². The van der Waals surface area contributed by atoms with Crippen LogP contribution in [-0.2, 0) is 9.53 Å². The molecule has 2 aromatic carbocycles. The van der Waals surface area contributed by atoms with Crippen molar-refractivity contribution < 1.29 is 19.2 Å². The first-order chi connectivity index (χ1) is 12.3. The summed E-state index contributed by atoms with van der Waals surface area (Å²) in [7, 11) is 0. The topological polar surface area (TPSA) is 98.5 Å². The van der Waals surface area contributed by atoms with E-state index in [0.717, 1.165) is 11.6 Å². The van der Waals surface area contributed by atoms with Crippen LogP contribution in [-0.4, -0.2) is 23.4 Å². The molecule has 0 fully saturated rings. The molecule has 8 heteroatoms. The van der Waals surface area contributed by atoms with Crippen molar-refractivity contribution in [3.63, 3.8) is 0 Å². The molecular formula is C18H17ClN2O5. The zero-order chi connectivity index (χ0) is 19.3. The van der Waals surface area contributed by atoms with Crippen molar-refractivity contribution in [2.75, 3.05) is 11.9 Å². The lowest BCUT2D eigenvalue weighted by Gasteiger charge is -2.09. The van der Waals surface area contributed by atoms with Gasteiger partial charge in [0.1, 0.15) is 0 Å². The average molecular weight is 377 g/mol. The number of carbonyl (C=O) groups is 2. The predicted octanol–water partition coefficient (Wildman–Crippen LogP) is 4.17. The monoisotopic (exact) mass is 376 g/mol. The maximum Gasteiger partial charge on any atom is 0.338 e. The molecule has 1 N–H and O–H groups in total. The molecule has 0 radical (unpaired) electrons. The number of nitro groups is 1. The summed E-state index contributed by atoms with van der Waals surface area (Å²) in [5.74, 6) is -0.953. The first-order valence-corrected chi connectivity index (χ1v) is 8.16. The summed E-state index contributed by atoms with van der Waals surface area (Å²) in [5.41, 5.74) is 1.27. The van der Waals surface area contributed by atoms with E-state index < -0.39 is 23.4 Å². The quantitative estimate of drug-likeness (QED) is 0.463. The van der Waals surface area contributed by atoms with Gasteiger partial charge in [-0.25, -0.2) is 4.79 Å². The molecule has 1 amide bonds. The van der Waals surface area contributed by atoms with E-state index in [0.29, 0.717) is 11.5 Å². The van der Waals surface area contributed by atoms with Gasteiger partial charge in [0.2, 0.25) is 0 Å². The maximum atomic E-state index is 12.0. The summed E-state index contributed by atoms with van der Waals surface area (Å²) in [6.45, 7) is 3.54. The summed E-state index contributed by atoms with van der Waals surface area (Å²) in [6, 6.07) is 10.6. The van der Waals surface area contributed by atoms with Gasteiger partial charge in [0, 0.05) is 12.1 Å². The second-order valence-electron chi connectivity index (χ2n) is 5.82. The fraction of sp³-hybridized carbons (Fsp3) is 0.222. The minimum absolute atomic E-state index is 0.0724. The number of carbonyl (C=O) groups excluding carboxylic acids is 2. The second kappa shape index (κ2) is 8.44. The lowest BCUT2D eigenvalue weighted by atomic mass is 10.0. The zero-order valence-electron chi connectivity index (χ0n) is 14.2. The molecule has 7 nitrogen and oxygen atoms in total. The van der Waals surface area contributed by atoms with Crippen LogP contribution in [0.25, 0.3) is 0 Å². The van der Waals surface area contributed by atoms with Gasteiger partial charge in [-0.3, -0.25) is 14.9 Å². The number of amides is 1. The Morgan fingerprint density at radius 3 is 2.42 bits per heavy atom. The number of nitrogens with zero attached hydrogens (tertiary/aromatic N) is 1. The van der Waals surface area contributed by atoms with E-state index >= 15 is 0 Å². The Kier molecular flexibility index (Phi) is 6.30. The predicted molar refractivity (Wildman–Crippen MR) is 97.5 cm³/mol. The molecule has 0 aliphatic rings. The summed E-state index contributed by atoms with van der Waals surface area (Å²) in [4.78, 5) is 34.0. The lowest BCUT2D eigenvalue weighted by Crippen LogP contribution is -2.21. The molecule has 0 heterocycles. The third kappa shape index (κ3) is 5.03. The van der Waals surface area contributed by atoms with Crippen LogP contribution in [0.2, 0.25) is 5.02 Å². The van der Waals surface area contributed by atoms with Gasteiger partial charge in [-0.2, -0.15) is 0 Å². The molecule has 26 heavy (non-hydrogen) atoms. The smallest absolute Gasteiger partial charge is 0.338 e. The van der Waals surface area contributed by atoms with Crippen LogP contribution in [0.1, 0.15) is 35.7 Å². The van der Waals surface area contributed by atoms with Gasteiger partial charge < -0.3 is 10.1 Å². The molecule has 0 saturated carbocycles. The average Bonchev–Trinajstić information content (AvgIpc) is 2.61. The number of hydrogen-bond acceptors (Lipinski definition) is 5. The molecule has 0 bridgehead atoms. The minimum atomic E-state index is -0.653. The van der Waals surface area contributed by atoms with Crippen molar-refractivity contribution in [3.8, 4) is 0 Å². The number of nitro benzene ring substituents is 1. The molecule has 136 valence electrons. The number of esters is 1. The molecule has 0 spiro atoms. The van der Waals surface area contributed by atoms with Crippen LogP contribution in [0.3, 0.4) is 0 Å². The third-order valence-electron chi connectivity index (χ3n) is 3.58. The van der Waals surface area contributed by atoms with Crippen molar-refractivity contribution in [1.29, 1.82) is 0 Å². The highest BCUT2D eigenvalue weighted by Gasteiger charge is 2.14. The first-order valence-electron chi connectivity index (χ1n) is 7.79. The van der Waals surface area contributed by atoms with E-state index in [1.165, 1.54) is 12.1 Å². The largest absolute Gasteiger partial charge is 0.452 e. The maximum absolute atomic E-state index is 12.0. The van der Waals surface area contributed by atoms with Gasteiger partial charge in [-0.1, -0.05) is 37.6 Å². The van der Waals surface area contributed by atoms with Gasteiger partial charge in [0.05, 0.1) is 21.2 Å². The standard InChI is InChI=1S/C18H17ClN2O5/c1-11(2)12-3-5-13(6-4-12)18(23)26-10-17(22)20-16-9-14(21(24)25)7-8-15(16)19/h3-9,11H,10H2,1-2H3,(H,20,22). The van der Waals surface area contributed by atoms with Crippen LogP contribution in [0.4, 0.5) is 11.4 Å². The molecule has 0 saturated heterocycles. The van der Waals surface area contributed by atoms with Crippen LogP contribution in [0, 0.1) is 10.1 Å². The number of rotatable bonds is 6. The molecule has 0 aliphatic heterocycles. The summed E-state index contributed by atoms with van der Waals surface area (Å²) in [5, 5.41) is 13.3. The van der Waals surface area contributed by atoms with Crippen molar-refractivity contribution >= 4 is 34.9 Å². The molecule has 2 aromatic rings. The lowest BCUT2D eigenvalue weighted by molar-refractivity contribution is -0.384. The number of halogens is 1. The number of benzene rings is 2. The van der Waals surface area contributed by atoms with Crippen molar-refractivity contribution in [3.05, 3.63) is 68.7 Å². The van der Waals surface area contributed by atoms with E-state index in [4.69, 9.17) is 16.3 Å². The number of hydrogen-bond donors (Lipinski definition) is 1. The number of nitrogens with one attached hydrogen (secondary N) is 1. The minimum Gasteiger partial charge on any atom is -0.452 e. The molecule has 0 atom stereocenters. The Bertz CT molecular complexity index is 834. The highest BCUT2D eigenvalue weighted by molar-refractivity contribution is 6.33. The van der Waals surface area contributed by atoms with Gasteiger partial charge in [-0.15, -0.1) is 0 Å². The van der Waals surface area contributed by atoms with E-state index in [2.05, 4.69) is 5.32 Å². The highest BCUT2D eigenvalue weighted by Crippen LogP contribution is 2.26. The molecule has 0 aromatic heterocycles. The van der Waals surface area contributed by atoms with E-state index in [-0.39, 0.29) is 16.4 Å². The normalized spacial score (nSPS) is 10.5. The van der Waals surface area contributed by atoms with Crippen molar-refractivity contribution in [2.24, 2.45) is 0 Å². The summed E-state index contributed by atoms with van der Waals surface area (Å²) in [6.07, 6.45) is 0. The fourth-order valence-electron chi connectivity index (χ4n) is 2.13. The Balaban J connectivity index is 1.95. The zero-order valence-corrected chi connectivity index (χ0v) is 14.9. The van der Waals surface area contributed by atoms with Gasteiger partial charge >= 0.3 is 5.97 Å². The third-order valence-corrected chi connectivity index (χ3v) is 3.91.